The maximum Gasteiger partial charge on any atom is 0.259 e. The zero-order chi connectivity index (χ0) is 18.8. The van der Waals surface area contributed by atoms with Crippen molar-refractivity contribution >= 4 is 28.0 Å². The van der Waals surface area contributed by atoms with Crippen LogP contribution in [0.3, 0.4) is 0 Å². The average molecular weight is 383 g/mol. The lowest BCUT2D eigenvalue weighted by Gasteiger charge is -2.31. The van der Waals surface area contributed by atoms with Crippen LogP contribution in [0.5, 0.6) is 0 Å². The van der Waals surface area contributed by atoms with Crippen molar-refractivity contribution in [3.8, 4) is 0 Å². The number of pyridine rings is 1. The van der Waals surface area contributed by atoms with Crippen LogP contribution < -0.4 is 10.9 Å². The second-order valence-corrected chi connectivity index (χ2v) is 7.70. The number of amides is 1. The van der Waals surface area contributed by atoms with Gasteiger partial charge in [-0.25, -0.2) is 9.97 Å². The number of thiazole rings is 1. The SMILES string of the molecule is Cc1csc2nc(CN3CCCC(C(=O)Nc4ccccn4)C3)cc(=O)n12. The Balaban J connectivity index is 1.44. The second kappa shape index (κ2) is 7.58. The number of piperidine rings is 1. The van der Waals surface area contributed by atoms with Crippen molar-refractivity contribution in [3.05, 3.63) is 57.6 Å². The van der Waals surface area contributed by atoms with Gasteiger partial charge in [0, 0.05) is 36.4 Å². The van der Waals surface area contributed by atoms with E-state index < -0.39 is 0 Å². The number of nitrogens with one attached hydrogen (secondary N) is 1. The first-order valence-electron chi connectivity index (χ1n) is 9.01. The molecule has 1 atom stereocenters. The lowest BCUT2D eigenvalue weighted by atomic mass is 9.97. The molecule has 140 valence electrons. The van der Waals surface area contributed by atoms with Crippen molar-refractivity contribution in [1.82, 2.24) is 19.3 Å². The third-order valence-electron chi connectivity index (χ3n) is 4.81. The van der Waals surface area contributed by atoms with E-state index in [2.05, 4.69) is 20.2 Å². The van der Waals surface area contributed by atoms with Crippen LogP contribution in [-0.4, -0.2) is 38.3 Å². The smallest absolute Gasteiger partial charge is 0.259 e. The van der Waals surface area contributed by atoms with E-state index in [4.69, 9.17) is 0 Å². The fraction of sp³-hybridized carbons (Fsp3) is 0.368. The molecule has 0 radical (unpaired) electrons. The Morgan fingerprint density at radius 1 is 1.41 bits per heavy atom. The van der Waals surface area contributed by atoms with Crippen LogP contribution in [0.1, 0.15) is 24.2 Å². The molecule has 1 unspecified atom stereocenters. The van der Waals surface area contributed by atoms with Crippen molar-refractivity contribution in [2.45, 2.75) is 26.3 Å². The zero-order valence-electron chi connectivity index (χ0n) is 15.1. The fourth-order valence-corrected chi connectivity index (χ4v) is 4.38. The van der Waals surface area contributed by atoms with Crippen molar-refractivity contribution in [3.63, 3.8) is 0 Å². The van der Waals surface area contributed by atoms with Gasteiger partial charge in [0.25, 0.3) is 5.56 Å². The minimum atomic E-state index is -0.0884. The minimum Gasteiger partial charge on any atom is -0.310 e. The van der Waals surface area contributed by atoms with Crippen LogP contribution in [-0.2, 0) is 11.3 Å². The molecule has 1 aliphatic heterocycles. The van der Waals surface area contributed by atoms with Gasteiger partial charge in [-0.05, 0) is 38.4 Å². The van der Waals surface area contributed by atoms with Gasteiger partial charge in [0.05, 0.1) is 11.6 Å². The standard InChI is InChI=1S/C19H21N5O2S/c1-13-12-27-19-21-15(9-17(25)24(13)19)11-23-8-4-5-14(10-23)18(26)22-16-6-2-3-7-20-16/h2-3,6-7,9,12,14H,4-5,8,10-11H2,1H3,(H,20,22,26). The third kappa shape index (κ3) is 3.91. The molecule has 1 amide bonds. The van der Waals surface area contributed by atoms with Gasteiger partial charge in [-0.3, -0.25) is 18.9 Å². The normalized spacial score (nSPS) is 17.9. The van der Waals surface area contributed by atoms with Crippen LogP contribution in [0, 0.1) is 12.8 Å². The summed E-state index contributed by atoms with van der Waals surface area (Å²) in [6, 6.07) is 7.06. The summed E-state index contributed by atoms with van der Waals surface area (Å²) in [7, 11) is 0. The molecule has 1 saturated heterocycles. The zero-order valence-corrected chi connectivity index (χ0v) is 15.9. The number of aromatic nitrogens is 3. The van der Waals surface area contributed by atoms with E-state index in [-0.39, 0.29) is 17.4 Å². The Morgan fingerprint density at radius 2 is 2.30 bits per heavy atom. The van der Waals surface area contributed by atoms with Gasteiger partial charge < -0.3 is 5.32 Å². The predicted octanol–water partition coefficient (Wildman–Crippen LogP) is 2.31. The summed E-state index contributed by atoms with van der Waals surface area (Å²) in [4.78, 5) is 36.6. The number of anilines is 1. The second-order valence-electron chi connectivity index (χ2n) is 6.86. The summed E-state index contributed by atoms with van der Waals surface area (Å²) in [6.07, 6.45) is 3.46. The molecule has 3 aromatic heterocycles. The number of carbonyl (C=O) groups is 1. The van der Waals surface area contributed by atoms with E-state index >= 15 is 0 Å². The van der Waals surface area contributed by atoms with E-state index in [1.165, 1.54) is 11.3 Å². The Labute approximate surface area is 160 Å². The Morgan fingerprint density at radius 3 is 3.11 bits per heavy atom. The average Bonchev–Trinajstić information content (AvgIpc) is 3.04. The molecule has 1 aliphatic rings. The van der Waals surface area contributed by atoms with Gasteiger partial charge >= 0.3 is 0 Å². The third-order valence-corrected chi connectivity index (χ3v) is 5.75. The summed E-state index contributed by atoms with van der Waals surface area (Å²) >= 11 is 1.47. The molecule has 4 rings (SSSR count). The first kappa shape index (κ1) is 17.8. The van der Waals surface area contributed by atoms with Crippen molar-refractivity contribution in [1.29, 1.82) is 0 Å². The highest BCUT2D eigenvalue weighted by Gasteiger charge is 2.26. The molecule has 8 heteroatoms. The van der Waals surface area contributed by atoms with Gasteiger partial charge in [-0.15, -0.1) is 11.3 Å². The van der Waals surface area contributed by atoms with E-state index in [0.717, 1.165) is 35.7 Å². The quantitative estimate of drug-likeness (QED) is 0.748. The van der Waals surface area contributed by atoms with Gasteiger partial charge in [0.2, 0.25) is 5.91 Å². The highest BCUT2D eigenvalue weighted by Crippen LogP contribution is 2.20. The van der Waals surface area contributed by atoms with Crippen molar-refractivity contribution in [2.24, 2.45) is 5.92 Å². The topological polar surface area (TPSA) is 79.6 Å². The van der Waals surface area contributed by atoms with Gasteiger partial charge in [0.1, 0.15) is 5.82 Å². The first-order chi connectivity index (χ1) is 13.1. The molecular weight excluding hydrogens is 362 g/mol. The molecule has 0 bridgehead atoms. The molecule has 0 spiro atoms. The van der Waals surface area contributed by atoms with Crippen LogP contribution in [0.4, 0.5) is 5.82 Å². The summed E-state index contributed by atoms with van der Waals surface area (Å²) in [5, 5.41) is 4.82. The molecule has 1 fully saturated rings. The van der Waals surface area contributed by atoms with Crippen LogP contribution in [0.15, 0.2) is 40.6 Å². The number of carbonyl (C=O) groups excluding carboxylic acids is 1. The van der Waals surface area contributed by atoms with Crippen molar-refractivity contribution in [2.75, 3.05) is 18.4 Å². The maximum atomic E-state index is 12.6. The molecule has 4 heterocycles. The van der Waals surface area contributed by atoms with Gasteiger partial charge in [-0.1, -0.05) is 6.07 Å². The van der Waals surface area contributed by atoms with Gasteiger partial charge in [-0.2, -0.15) is 0 Å². The molecule has 3 aromatic rings. The monoisotopic (exact) mass is 383 g/mol. The van der Waals surface area contributed by atoms with Gasteiger partial charge in [0.15, 0.2) is 4.96 Å². The van der Waals surface area contributed by atoms with Crippen molar-refractivity contribution < 1.29 is 4.79 Å². The molecular formula is C19H21N5O2S. The lowest BCUT2D eigenvalue weighted by Crippen LogP contribution is -2.40. The molecule has 7 nitrogen and oxygen atoms in total. The highest BCUT2D eigenvalue weighted by atomic mass is 32.1. The van der Waals surface area contributed by atoms with Crippen LogP contribution >= 0.6 is 11.3 Å². The largest absolute Gasteiger partial charge is 0.310 e. The Bertz CT molecular complexity index is 1010. The van der Waals surface area contributed by atoms with E-state index in [1.54, 1.807) is 22.7 Å². The van der Waals surface area contributed by atoms with E-state index in [9.17, 15) is 9.59 Å². The number of fused-ring (bicyclic) bond motifs is 1. The van der Waals surface area contributed by atoms with Crippen LogP contribution in [0.2, 0.25) is 0 Å². The molecule has 0 saturated carbocycles. The lowest BCUT2D eigenvalue weighted by molar-refractivity contribution is -0.121. The first-order valence-corrected chi connectivity index (χ1v) is 9.89. The molecule has 0 aliphatic carbocycles. The molecule has 27 heavy (non-hydrogen) atoms. The maximum absolute atomic E-state index is 12.6. The predicted molar refractivity (Wildman–Crippen MR) is 105 cm³/mol. The number of hydrogen-bond donors (Lipinski definition) is 1. The number of likely N-dealkylation sites (tertiary alicyclic amines) is 1. The Kier molecular flexibility index (Phi) is 5.00. The minimum absolute atomic E-state index is 0.00392. The molecule has 1 N–H and O–H groups in total. The van der Waals surface area contributed by atoms with Crippen LogP contribution in [0.25, 0.3) is 4.96 Å². The summed E-state index contributed by atoms with van der Waals surface area (Å²) in [5.41, 5.74) is 1.62. The molecule has 0 aromatic carbocycles. The Hall–Kier alpha value is -2.58. The van der Waals surface area contributed by atoms with E-state index in [1.807, 2.05) is 24.4 Å². The number of rotatable bonds is 4. The number of hydrogen-bond acceptors (Lipinski definition) is 6. The highest BCUT2D eigenvalue weighted by molar-refractivity contribution is 7.15. The summed E-state index contributed by atoms with van der Waals surface area (Å²) in [6.45, 7) is 4.04. The fourth-order valence-electron chi connectivity index (χ4n) is 3.49. The summed E-state index contributed by atoms with van der Waals surface area (Å²) < 4.78 is 1.63. The number of aryl methyl sites for hydroxylation is 1. The number of nitrogens with zero attached hydrogens (tertiary/aromatic N) is 4. The summed E-state index contributed by atoms with van der Waals surface area (Å²) in [5.74, 6) is 0.484. The van der Waals surface area contributed by atoms with E-state index in [0.29, 0.717) is 18.9 Å².